The lowest BCUT2D eigenvalue weighted by Crippen LogP contribution is -2.24. The molecule has 2 amide bonds. The summed E-state index contributed by atoms with van der Waals surface area (Å²) in [6.45, 7) is 0.403. The van der Waals surface area contributed by atoms with Crippen molar-refractivity contribution in [1.29, 1.82) is 0 Å². The van der Waals surface area contributed by atoms with E-state index in [9.17, 15) is 14.0 Å². The van der Waals surface area contributed by atoms with Crippen molar-refractivity contribution in [1.82, 2.24) is 10.2 Å². The van der Waals surface area contributed by atoms with Crippen LogP contribution in [-0.4, -0.2) is 34.8 Å². The van der Waals surface area contributed by atoms with Gasteiger partial charge >= 0.3 is 6.01 Å². The molecule has 0 spiro atoms. The number of hydrogen-bond acceptors (Lipinski definition) is 6. The fourth-order valence-electron chi connectivity index (χ4n) is 3.14. The van der Waals surface area contributed by atoms with Crippen LogP contribution in [-0.2, 0) is 4.79 Å². The molecule has 0 radical (unpaired) electrons. The van der Waals surface area contributed by atoms with Gasteiger partial charge in [-0.05, 0) is 42.7 Å². The number of carbonyl (C=O) groups is 2. The zero-order chi connectivity index (χ0) is 20.4. The number of nitrogens with one attached hydrogen (secondary N) is 1. The maximum absolute atomic E-state index is 13.7. The van der Waals surface area contributed by atoms with Crippen LogP contribution in [0.25, 0.3) is 0 Å². The summed E-state index contributed by atoms with van der Waals surface area (Å²) in [5.41, 5.74) is 0.686. The molecule has 3 aromatic rings. The summed E-state index contributed by atoms with van der Waals surface area (Å²) in [5, 5.41) is 10.1. The summed E-state index contributed by atoms with van der Waals surface area (Å²) in [5.74, 6) is -1.40. The maximum Gasteiger partial charge on any atom is 0.322 e. The van der Waals surface area contributed by atoms with Gasteiger partial charge in [0.05, 0.1) is 11.5 Å². The molecule has 0 saturated carbocycles. The topological polar surface area (TPSA) is 88.3 Å². The van der Waals surface area contributed by atoms with Crippen molar-refractivity contribution in [3.05, 3.63) is 65.8 Å². The third-order valence-corrected chi connectivity index (χ3v) is 5.38. The monoisotopic (exact) mass is 412 g/mol. The van der Waals surface area contributed by atoms with E-state index in [1.54, 1.807) is 22.7 Å². The zero-order valence-corrected chi connectivity index (χ0v) is 16.3. The van der Waals surface area contributed by atoms with Gasteiger partial charge in [0.2, 0.25) is 11.8 Å². The van der Waals surface area contributed by atoms with Crippen LogP contribution in [0.1, 0.15) is 28.6 Å². The fraction of sp³-hybridized carbons (Fsp3) is 0.200. The SMILES string of the molecule is CSc1ccc(N2CC(c3nnc(NC(=O)c4ccccc4F)o3)CC2=O)cc1. The van der Waals surface area contributed by atoms with Gasteiger partial charge < -0.3 is 9.32 Å². The van der Waals surface area contributed by atoms with Crippen molar-refractivity contribution < 1.29 is 18.4 Å². The fourth-order valence-corrected chi connectivity index (χ4v) is 3.55. The summed E-state index contributed by atoms with van der Waals surface area (Å²) < 4.78 is 19.2. The molecule has 1 saturated heterocycles. The van der Waals surface area contributed by atoms with Gasteiger partial charge in [0, 0.05) is 23.5 Å². The van der Waals surface area contributed by atoms with Crippen LogP contribution in [0.3, 0.4) is 0 Å². The maximum atomic E-state index is 13.7. The number of thioether (sulfide) groups is 1. The molecule has 1 aliphatic heterocycles. The van der Waals surface area contributed by atoms with Gasteiger partial charge in [-0.15, -0.1) is 16.9 Å². The second-order valence-electron chi connectivity index (χ2n) is 6.48. The first-order valence-electron chi connectivity index (χ1n) is 8.89. The van der Waals surface area contributed by atoms with Gasteiger partial charge in [0.1, 0.15) is 5.82 Å². The molecule has 4 rings (SSSR count). The Kier molecular flexibility index (Phi) is 5.30. The Morgan fingerprint density at radius 3 is 2.69 bits per heavy atom. The number of hydrogen-bond donors (Lipinski definition) is 1. The molecule has 1 N–H and O–H groups in total. The van der Waals surface area contributed by atoms with E-state index in [-0.39, 0.29) is 35.7 Å². The zero-order valence-electron chi connectivity index (χ0n) is 15.5. The number of nitrogens with zero attached hydrogens (tertiary/aromatic N) is 3. The van der Waals surface area contributed by atoms with Crippen molar-refractivity contribution in [2.45, 2.75) is 17.2 Å². The molecule has 0 bridgehead atoms. The van der Waals surface area contributed by atoms with Crippen LogP contribution >= 0.6 is 11.8 Å². The minimum absolute atomic E-state index is 0.0398. The normalized spacial score (nSPS) is 16.3. The Morgan fingerprint density at radius 2 is 1.97 bits per heavy atom. The van der Waals surface area contributed by atoms with Crippen molar-refractivity contribution in [2.75, 3.05) is 23.0 Å². The molecule has 29 heavy (non-hydrogen) atoms. The highest BCUT2D eigenvalue weighted by atomic mass is 32.2. The Morgan fingerprint density at radius 1 is 1.21 bits per heavy atom. The predicted octanol–water partition coefficient (Wildman–Crippen LogP) is 3.70. The van der Waals surface area contributed by atoms with Crippen LogP contribution in [0.2, 0.25) is 0 Å². The van der Waals surface area contributed by atoms with E-state index in [0.29, 0.717) is 6.54 Å². The molecule has 1 fully saturated rings. The van der Waals surface area contributed by atoms with Crippen LogP contribution in [0.4, 0.5) is 16.1 Å². The van der Waals surface area contributed by atoms with Gasteiger partial charge in [0.15, 0.2) is 0 Å². The first kappa shape index (κ1) is 19.1. The summed E-state index contributed by atoms with van der Waals surface area (Å²) in [4.78, 5) is 27.4. The van der Waals surface area contributed by atoms with Crippen molar-refractivity contribution >= 4 is 35.3 Å². The smallest absolute Gasteiger partial charge is 0.322 e. The average Bonchev–Trinajstić information content (AvgIpc) is 3.35. The first-order valence-corrected chi connectivity index (χ1v) is 10.1. The first-order chi connectivity index (χ1) is 14.0. The molecule has 0 aliphatic carbocycles. The number of amides is 2. The number of rotatable bonds is 5. The van der Waals surface area contributed by atoms with Gasteiger partial charge in [0.25, 0.3) is 5.91 Å². The molecule has 148 valence electrons. The number of aromatic nitrogens is 2. The third-order valence-electron chi connectivity index (χ3n) is 4.64. The molecule has 1 aliphatic rings. The highest BCUT2D eigenvalue weighted by Gasteiger charge is 2.35. The second kappa shape index (κ2) is 8.04. The molecular formula is C20H17FN4O3S. The summed E-state index contributed by atoms with van der Waals surface area (Å²) >= 11 is 1.63. The Hall–Kier alpha value is -3.20. The summed E-state index contributed by atoms with van der Waals surface area (Å²) in [7, 11) is 0. The number of carbonyl (C=O) groups excluding carboxylic acids is 2. The molecule has 9 heteroatoms. The molecule has 1 aromatic heterocycles. The number of halogens is 1. The molecule has 2 heterocycles. The molecule has 7 nitrogen and oxygen atoms in total. The standard InChI is InChI=1S/C20H17FN4O3S/c1-29-14-8-6-13(7-9-14)25-11-12(10-17(25)26)19-23-24-20(28-19)22-18(27)15-4-2-3-5-16(15)21/h2-9,12H,10-11H2,1H3,(H,22,24,27). The average molecular weight is 412 g/mol. The number of benzene rings is 2. The minimum atomic E-state index is -0.684. The van der Waals surface area contributed by atoms with Gasteiger partial charge in [-0.25, -0.2) is 4.39 Å². The highest BCUT2D eigenvalue weighted by Crippen LogP contribution is 2.32. The van der Waals surface area contributed by atoms with E-state index in [0.717, 1.165) is 10.6 Å². The lowest BCUT2D eigenvalue weighted by atomic mass is 10.1. The molecule has 2 aromatic carbocycles. The van der Waals surface area contributed by atoms with E-state index >= 15 is 0 Å². The minimum Gasteiger partial charge on any atom is -0.407 e. The van der Waals surface area contributed by atoms with Crippen LogP contribution in [0.5, 0.6) is 0 Å². The van der Waals surface area contributed by atoms with E-state index in [2.05, 4.69) is 15.5 Å². The van der Waals surface area contributed by atoms with E-state index < -0.39 is 11.7 Å². The Bertz CT molecular complexity index is 1050. The van der Waals surface area contributed by atoms with Crippen molar-refractivity contribution in [2.24, 2.45) is 0 Å². The lowest BCUT2D eigenvalue weighted by molar-refractivity contribution is -0.117. The largest absolute Gasteiger partial charge is 0.407 e. The summed E-state index contributed by atoms with van der Waals surface area (Å²) in [6, 6.07) is 13.2. The Balaban J connectivity index is 1.45. The predicted molar refractivity (Wildman–Crippen MR) is 107 cm³/mol. The number of anilines is 2. The highest BCUT2D eigenvalue weighted by molar-refractivity contribution is 7.98. The second-order valence-corrected chi connectivity index (χ2v) is 7.36. The van der Waals surface area contributed by atoms with Crippen LogP contribution in [0, 0.1) is 5.82 Å². The molecule has 1 unspecified atom stereocenters. The van der Waals surface area contributed by atoms with Crippen molar-refractivity contribution in [3.63, 3.8) is 0 Å². The van der Waals surface area contributed by atoms with Gasteiger partial charge in [-0.2, -0.15) is 0 Å². The van der Waals surface area contributed by atoms with E-state index in [1.165, 1.54) is 18.2 Å². The van der Waals surface area contributed by atoms with Crippen molar-refractivity contribution in [3.8, 4) is 0 Å². The molecular weight excluding hydrogens is 395 g/mol. The van der Waals surface area contributed by atoms with Crippen LogP contribution in [0.15, 0.2) is 57.8 Å². The quantitative estimate of drug-likeness (QED) is 0.643. The van der Waals surface area contributed by atoms with Gasteiger partial charge in [-0.3, -0.25) is 14.9 Å². The Labute approximate surface area is 170 Å². The lowest BCUT2D eigenvalue weighted by Gasteiger charge is -2.16. The van der Waals surface area contributed by atoms with E-state index in [1.807, 2.05) is 30.5 Å². The summed E-state index contributed by atoms with van der Waals surface area (Å²) in [6.07, 6.45) is 2.22. The molecule has 1 atom stereocenters. The van der Waals surface area contributed by atoms with Crippen LogP contribution < -0.4 is 10.2 Å². The third kappa shape index (κ3) is 4.00. The van der Waals surface area contributed by atoms with E-state index in [4.69, 9.17) is 4.42 Å². The van der Waals surface area contributed by atoms with Gasteiger partial charge in [-0.1, -0.05) is 17.2 Å².